The average molecular weight is 155 g/mol. The van der Waals surface area contributed by atoms with Crippen molar-refractivity contribution >= 4 is 0 Å². The Morgan fingerprint density at radius 1 is 1.73 bits per heavy atom. The first-order chi connectivity index (χ1) is 5.34. The SMILES string of the molecule is CCOCC(N)c1ccco1. The van der Waals surface area contributed by atoms with Crippen LogP contribution in [0.5, 0.6) is 0 Å². The van der Waals surface area contributed by atoms with Gasteiger partial charge in [0, 0.05) is 6.61 Å². The van der Waals surface area contributed by atoms with Crippen LogP contribution in [-0.4, -0.2) is 13.2 Å². The van der Waals surface area contributed by atoms with Crippen molar-refractivity contribution in [2.24, 2.45) is 5.73 Å². The van der Waals surface area contributed by atoms with Gasteiger partial charge in [-0.1, -0.05) is 0 Å². The van der Waals surface area contributed by atoms with Crippen LogP contribution in [0.2, 0.25) is 0 Å². The fraction of sp³-hybridized carbons (Fsp3) is 0.500. The summed E-state index contributed by atoms with van der Waals surface area (Å²) >= 11 is 0. The van der Waals surface area contributed by atoms with Crippen LogP contribution in [0.25, 0.3) is 0 Å². The van der Waals surface area contributed by atoms with Crippen LogP contribution < -0.4 is 5.73 Å². The molecule has 1 unspecified atom stereocenters. The van der Waals surface area contributed by atoms with E-state index >= 15 is 0 Å². The lowest BCUT2D eigenvalue weighted by molar-refractivity contribution is 0.127. The fourth-order valence-corrected chi connectivity index (χ4v) is 0.829. The van der Waals surface area contributed by atoms with E-state index in [1.54, 1.807) is 6.26 Å². The zero-order valence-electron chi connectivity index (χ0n) is 6.62. The molecule has 0 bridgehead atoms. The number of furan rings is 1. The Morgan fingerprint density at radius 3 is 3.09 bits per heavy atom. The van der Waals surface area contributed by atoms with Crippen molar-refractivity contribution in [3.8, 4) is 0 Å². The number of rotatable bonds is 4. The molecule has 0 amide bonds. The van der Waals surface area contributed by atoms with Crippen LogP contribution >= 0.6 is 0 Å². The van der Waals surface area contributed by atoms with Gasteiger partial charge in [-0.25, -0.2) is 0 Å². The van der Waals surface area contributed by atoms with Gasteiger partial charge in [0.1, 0.15) is 5.76 Å². The third-order valence-electron chi connectivity index (χ3n) is 1.41. The normalized spacial score (nSPS) is 13.3. The van der Waals surface area contributed by atoms with Gasteiger partial charge in [-0.2, -0.15) is 0 Å². The first-order valence-corrected chi connectivity index (χ1v) is 3.71. The first-order valence-electron chi connectivity index (χ1n) is 3.71. The van der Waals surface area contributed by atoms with E-state index in [2.05, 4.69) is 0 Å². The average Bonchev–Trinajstić information content (AvgIpc) is 2.52. The van der Waals surface area contributed by atoms with Crippen molar-refractivity contribution in [1.29, 1.82) is 0 Å². The standard InChI is InChI=1S/C8H13NO2/c1-2-10-6-7(9)8-4-3-5-11-8/h3-5,7H,2,6,9H2,1H3. The summed E-state index contributed by atoms with van der Waals surface area (Å²) < 4.78 is 10.2. The molecule has 3 nitrogen and oxygen atoms in total. The molecule has 62 valence electrons. The first kappa shape index (κ1) is 8.30. The van der Waals surface area contributed by atoms with Crippen LogP contribution in [0.3, 0.4) is 0 Å². The minimum Gasteiger partial charge on any atom is -0.468 e. The second kappa shape index (κ2) is 4.16. The van der Waals surface area contributed by atoms with Crippen LogP contribution in [0, 0.1) is 0 Å². The molecule has 2 N–H and O–H groups in total. The van der Waals surface area contributed by atoms with Crippen LogP contribution in [0.1, 0.15) is 18.7 Å². The molecule has 1 atom stereocenters. The summed E-state index contributed by atoms with van der Waals surface area (Å²) in [4.78, 5) is 0. The zero-order chi connectivity index (χ0) is 8.10. The molecule has 3 heteroatoms. The van der Waals surface area contributed by atoms with Gasteiger partial charge in [0.05, 0.1) is 18.9 Å². The minimum atomic E-state index is -0.134. The largest absolute Gasteiger partial charge is 0.468 e. The van der Waals surface area contributed by atoms with Crippen LogP contribution in [0.15, 0.2) is 22.8 Å². The Kier molecular flexibility index (Phi) is 3.14. The van der Waals surface area contributed by atoms with Gasteiger partial charge in [-0.3, -0.25) is 0 Å². The van der Waals surface area contributed by atoms with Gasteiger partial charge in [0.15, 0.2) is 0 Å². The van der Waals surface area contributed by atoms with Gasteiger partial charge in [-0.15, -0.1) is 0 Å². The summed E-state index contributed by atoms with van der Waals surface area (Å²) in [5.74, 6) is 0.776. The maximum atomic E-state index is 5.71. The topological polar surface area (TPSA) is 48.4 Å². The summed E-state index contributed by atoms with van der Waals surface area (Å²) in [7, 11) is 0. The quantitative estimate of drug-likeness (QED) is 0.713. The molecule has 0 aliphatic carbocycles. The van der Waals surface area contributed by atoms with E-state index in [0.29, 0.717) is 13.2 Å². The van der Waals surface area contributed by atoms with E-state index in [4.69, 9.17) is 14.9 Å². The molecule has 1 rings (SSSR count). The van der Waals surface area contributed by atoms with Crippen molar-refractivity contribution < 1.29 is 9.15 Å². The maximum Gasteiger partial charge on any atom is 0.122 e. The highest BCUT2D eigenvalue weighted by atomic mass is 16.5. The molecular formula is C8H13NO2. The van der Waals surface area contributed by atoms with Crippen molar-refractivity contribution in [3.05, 3.63) is 24.2 Å². The monoisotopic (exact) mass is 155 g/mol. The molecule has 0 radical (unpaired) electrons. The van der Waals surface area contributed by atoms with E-state index < -0.39 is 0 Å². The third kappa shape index (κ3) is 2.37. The smallest absolute Gasteiger partial charge is 0.122 e. The van der Waals surface area contributed by atoms with Gasteiger partial charge >= 0.3 is 0 Å². The Hall–Kier alpha value is -0.800. The third-order valence-corrected chi connectivity index (χ3v) is 1.41. The fourth-order valence-electron chi connectivity index (χ4n) is 0.829. The van der Waals surface area contributed by atoms with E-state index in [1.165, 1.54) is 0 Å². The highest BCUT2D eigenvalue weighted by molar-refractivity contribution is 5.03. The van der Waals surface area contributed by atoms with E-state index in [1.807, 2.05) is 19.1 Å². The van der Waals surface area contributed by atoms with Crippen molar-refractivity contribution in [1.82, 2.24) is 0 Å². The molecule has 1 aromatic rings. The molecular weight excluding hydrogens is 142 g/mol. The molecule has 0 fully saturated rings. The molecule has 0 aliphatic heterocycles. The second-order valence-electron chi connectivity index (χ2n) is 2.28. The van der Waals surface area contributed by atoms with Gasteiger partial charge in [0.2, 0.25) is 0 Å². The molecule has 0 aromatic carbocycles. The minimum absolute atomic E-state index is 0.134. The van der Waals surface area contributed by atoms with E-state index in [9.17, 15) is 0 Å². The molecule has 0 saturated heterocycles. The van der Waals surface area contributed by atoms with Gasteiger partial charge < -0.3 is 14.9 Å². The molecule has 1 heterocycles. The highest BCUT2D eigenvalue weighted by Crippen LogP contribution is 2.09. The van der Waals surface area contributed by atoms with Crippen molar-refractivity contribution in [2.45, 2.75) is 13.0 Å². The van der Waals surface area contributed by atoms with E-state index in [0.717, 1.165) is 5.76 Å². The number of hydrogen-bond acceptors (Lipinski definition) is 3. The number of nitrogens with two attached hydrogens (primary N) is 1. The predicted molar refractivity (Wildman–Crippen MR) is 42.1 cm³/mol. The highest BCUT2D eigenvalue weighted by Gasteiger charge is 2.07. The number of ether oxygens (including phenoxy) is 1. The molecule has 0 saturated carbocycles. The van der Waals surface area contributed by atoms with Crippen molar-refractivity contribution in [3.63, 3.8) is 0 Å². The number of hydrogen-bond donors (Lipinski definition) is 1. The lowest BCUT2D eigenvalue weighted by atomic mass is 10.2. The van der Waals surface area contributed by atoms with Gasteiger partial charge in [-0.05, 0) is 19.1 Å². The predicted octanol–water partition coefficient (Wildman–Crippen LogP) is 1.32. The molecule has 11 heavy (non-hydrogen) atoms. The van der Waals surface area contributed by atoms with Crippen LogP contribution in [0.4, 0.5) is 0 Å². The maximum absolute atomic E-state index is 5.71. The summed E-state index contributed by atoms with van der Waals surface area (Å²) in [5.41, 5.74) is 5.71. The van der Waals surface area contributed by atoms with Gasteiger partial charge in [0.25, 0.3) is 0 Å². The zero-order valence-corrected chi connectivity index (χ0v) is 6.62. The Morgan fingerprint density at radius 2 is 2.55 bits per heavy atom. The molecule has 1 aromatic heterocycles. The van der Waals surface area contributed by atoms with Crippen molar-refractivity contribution in [2.75, 3.05) is 13.2 Å². The summed E-state index contributed by atoms with van der Waals surface area (Å²) in [6, 6.07) is 3.54. The summed E-state index contributed by atoms with van der Waals surface area (Å²) in [6.07, 6.45) is 1.61. The molecule has 0 spiro atoms. The molecule has 0 aliphatic rings. The Balaban J connectivity index is 2.36. The Bertz CT molecular complexity index is 184. The summed E-state index contributed by atoms with van der Waals surface area (Å²) in [5, 5.41) is 0. The van der Waals surface area contributed by atoms with E-state index in [-0.39, 0.29) is 6.04 Å². The summed E-state index contributed by atoms with van der Waals surface area (Å²) in [6.45, 7) is 3.15. The lowest BCUT2D eigenvalue weighted by Gasteiger charge is -2.07. The lowest BCUT2D eigenvalue weighted by Crippen LogP contribution is -2.16. The van der Waals surface area contributed by atoms with Crippen LogP contribution in [-0.2, 0) is 4.74 Å². The Labute approximate surface area is 66.1 Å². The second-order valence-corrected chi connectivity index (χ2v) is 2.28.